The molecular formula is C13H16FNO4S. The van der Waals surface area contributed by atoms with Gasteiger partial charge in [-0.3, -0.25) is 4.79 Å². The van der Waals surface area contributed by atoms with E-state index in [1.54, 1.807) is 0 Å². The molecule has 0 bridgehead atoms. The summed E-state index contributed by atoms with van der Waals surface area (Å²) in [5.41, 5.74) is 0.322. The molecule has 20 heavy (non-hydrogen) atoms. The van der Waals surface area contributed by atoms with Crippen LogP contribution in [-0.2, 0) is 14.8 Å². The van der Waals surface area contributed by atoms with Crippen molar-refractivity contribution in [1.82, 2.24) is 4.31 Å². The third kappa shape index (κ3) is 2.83. The van der Waals surface area contributed by atoms with Crippen LogP contribution >= 0.6 is 0 Å². The summed E-state index contributed by atoms with van der Waals surface area (Å²) in [6.45, 7) is 1.78. The number of carbonyl (C=O) groups is 1. The number of piperidine rings is 1. The van der Waals surface area contributed by atoms with Crippen molar-refractivity contribution in [3.05, 3.63) is 29.6 Å². The van der Waals surface area contributed by atoms with Gasteiger partial charge in [-0.2, -0.15) is 4.31 Å². The van der Waals surface area contributed by atoms with Crippen LogP contribution in [-0.4, -0.2) is 36.9 Å². The lowest BCUT2D eigenvalue weighted by Crippen LogP contribution is -2.42. The summed E-state index contributed by atoms with van der Waals surface area (Å²) in [7, 11) is -3.77. The quantitative estimate of drug-likeness (QED) is 0.920. The Morgan fingerprint density at radius 2 is 2.15 bits per heavy atom. The molecule has 1 aliphatic rings. The van der Waals surface area contributed by atoms with Crippen LogP contribution < -0.4 is 0 Å². The first-order valence-electron chi connectivity index (χ1n) is 6.31. The molecule has 1 saturated heterocycles. The molecule has 1 aromatic carbocycles. The van der Waals surface area contributed by atoms with Crippen molar-refractivity contribution in [2.75, 3.05) is 13.1 Å². The van der Waals surface area contributed by atoms with Crippen LogP contribution in [0.1, 0.15) is 18.4 Å². The van der Waals surface area contributed by atoms with E-state index in [1.165, 1.54) is 17.3 Å². The smallest absolute Gasteiger partial charge is 0.307 e. The number of carboxylic acid groups (broad SMARTS) is 1. The third-order valence-corrected chi connectivity index (χ3v) is 5.51. The maximum atomic E-state index is 13.1. The second-order valence-electron chi connectivity index (χ2n) is 4.95. The number of hydrogen-bond donors (Lipinski definition) is 1. The first kappa shape index (κ1) is 14.9. The van der Waals surface area contributed by atoms with Crippen molar-refractivity contribution in [2.45, 2.75) is 24.7 Å². The highest BCUT2D eigenvalue weighted by molar-refractivity contribution is 7.89. The Balaban J connectivity index is 2.32. The van der Waals surface area contributed by atoms with Gasteiger partial charge in [0.25, 0.3) is 0 Å². The van der Waals surface area contributed by atoms with Gasteiger partial charge in [0.05, 0.1) is 10.8 Å². The van der Waals surface area contributed by atoms with Crippen molar-refractivity contribution >= 4 is 16.0 Å². The van der Waals surface area contributed by atoms with Crippen molar-refractivity contribution in [1.29, 1.82) is 0 Å². The summed E-state index contributed by atoms with van der Waals surface area (Å²) in [5, 5.41) is 9.01. The average Bonchev–Trinajstić information content (AvgIpc) is 2.38. The molecule has 0 radical (unpaired) electrons. The second-order valence-corrected chi connectivity index (χ2v) is 6.86. The highest BCUT2D eigenvalue weighted by atomic mass is 32.2. The van der Waals surface area contributed by atoms with Crippen molar-refractivity contribution < 1.29 is 22.7 Å². The Kier molecular flexibility index (Phi) is 4.10. The van der Waals surface area contributed by atoms with Gasteiger partial charge in [-0.25, -0.2) is 12.8 Å². The number of benzene rings is 1. The maximum absolute atomic E-state index is 13.1. The maximum Gasteiger partial charge on any atom is 0.307 e. The van der Waals surface area contributed by atoms with Crippen LogP contribution in [0.25, 0.3) is 0 Å². The van der Waals surface area contributed by atoms with Crippen LogP contribution in [0.3, 0.4) is 0 Å². The van der Waals surface area contributed by atoms with Gasteiger partial charge in [0.1, 0.15) is 5.82 Å². The lowest BCUT2D eigenvalue weighted by atomic mass is 10.0. The zero-order valence-corrected chi connectivity index (χ0v) is 11.9. The molecule has 0 spiro atoms. The fourth-order valence-electron chi connectivity index (χ4n) is 2.40. The number of aryl methyl sites for hydroxylation is 1. The molecular weight excluding hydrogens is 285 g/mol. The third-order valence-electron chi connectivity index (χ3n) is 3.49. The minimum atomic E-state index is -3.77. The molecule has 1 aromatic rings. The average molecular weight is 301 g/mol. The van der Waals surface area contributed by atoms with E-state index >= 15 is 0 Å². The summed E-state index contributed by atoms with van der Waals surface area (Å²) in [5.74, 6) is -2.16. The molecule has 110 valence electrons. The SMILES string of the molecule is Cc1cc(F)ccc1S(=O)(=O)N1CCC[C@@H](C(=O)O)C1. The number of rotatable bonds is 3. The molecule has 1 fully saturated rings. The highest BCUT2D eigenvalue weighted by Gasteiger charge is 2.33. The molecule has 0 saturated carbocycles. The summed E-state index contributed by atoms with van der Waals surface area (Å²) in [6.07, 6.45) is 0.986. The van der Waals surface area contributed by atoms with Gasteiger partial charge in [0, 0.05) is 13.1 Å². The van der Waals surface area contributed by atoms with Crippen LogP contribution in [0, 0.1) is 18.7 Å². The minimum Gasteiger partial charge on any atom is -0.481 e. The molecule has 1 aliphatic heterocycles. The van der Waals surface area contributed by atoms with Crippen LogP contribution in [0.5, 0.6) is 0 Å². The lowest BCUT2D eigenvalue weighted by molar-refractivity contribution is -0.142. The van der Waals surface area contributed by atoms with E-state index in [0.29, 0.717) is 24.9 Å². The van der Waals surface area contributed by atoms with Gasteiger partial charge in [-0.15, -0.1) is 0 Å². The predicted octanol–water partition coefficient (Wildman–Crippen LogP) is 1.62. The number of halogens is 1. The molecule has 7 heteroatoms. The predicted molar refractivity (Wildman–Crippen MR) is 70.3 cm³/mol. The van der Waals surface area contributed by atoms with E-state index in [1.807, 2.05) is 0 Å². The van der Waals surface area contributed by atoms with Gasteiger partial charge >= 0.3 is 5.97 Å². The van der Waals surface area contributed by atoms with E-state index in [0.717, 1.165) is 12.1 Å². The minimum absolute atomic E-state index is 0.0324. The van der Waals surface area contributed by atoms with Gasteiger partial charge in [-0.05, 0) is 43.5 Å². The summed E-state index contributed by atoms with van der Waals surface area (Å²) in [4.78, 5) is 11.0. The fraction of sp³-hybridized carbons (Fsp3) is 0.462. The van der Waals surface area contributed by atoms with E-state index in [4.69, 9.17) is 5.11 Å². The summed E-state index contributed by atoms with van der Waals surface area (Å²) < 4.78 is 39.2. The zero-order valence-electron chi connectivity index (χ0n) is 11.0. The van der Waals surface area contributed by atoms with E-state index < -0.39 is 27.7 Å². The molecule has 0 unspecified atom stereocenters. The van der Waals surface area contributed by atoms with Gasteiger partial charge in [0.2, 0.25) is 10.0 Å². The van der Waals surface area contributed by atoms with Crippen LogP contribution in [0.2, 0.25) is 0 Å². The molecule has 0 aliphatic carbocycles. The lowest BCUT2D eigenvalue weighted by Gasteiger charge is -2.30. The molecule has 0 amide bonds. The van der Waals surface area contributed by atoms with E-state index in [-0.39, 0.29) is 11.4 Å². The normalized spacial score (nSPS) is 20.8. The molecule has 0 aromatic heterocycles. The topological polar surface area (TPSA) is 74.7 Å². The largest absolute Gasteiger partial charge is 0.481 e. The van der Waals surface area contributed by atoms with Crippen LogP contribution in [0.15, 0.2) is 23.1 Å². The van der Waals surface area contributed by atoms with E-state index in [2.05, 4.69) is 0 Å². The fourth-order valence-corrected chi connectivity index (χ4v) is 4.13. The van der Waals surface area contributed by atoms with Gasteiger partial charge in [-0.1, -0.05) is 0 Å². The van der Waals surface area contributed by atoms with Crippen molar-refractivity contribution in [2.24, 2.45) is 5.92 Å². The van der Waals surface area contributed by atoms with E-state index in [9.17, 15) is 17.6 Å². The Morgan fingerprint density at radius 3 is 2.75 bits per heavy atom. The van der Waals surface area contributed by atoms with Crippen molar-refractivity contribution in [3.8, 4) is 0 Å². The van der Waals surface area contributed by atoms with Gasteiger partial charge in [0.15, 0.2) is 0 Å². The Labute approximate surface area is 117 Å². The van der Waals surface area contributed by atoms with Gasteiger partial charge < -0.3 is 5.11 Å². The number of carboxylic acids is 1. The first-order valence-corrected chi connectivity index (χ1v) is 7.75. The Hall–Kier alpha value is -1.47. The summed E-state index contributed by atoms with van der Waals surface area (Å²) in [6, 6.07) is 3.48. The summed E-state index contributed by atoms with van der Waals surface area (Å²) >= 11 is 0. The highest BCUT2D eigenvalue weighted by Crippen LogP contribution is 2.26. The number of nitrogens with zero attached hydrogens (tertiary/aromatic N) is 1. The standard InChI is InChI=1S/C13H16FNO4S/c1-9-7-11(14)4-5-12(9)20(18,19)15-6-2-3-10(8-15)13(16)17/h4-5,7,10H,2-3,6,8H2,1H3,(H,16,17)/t10-/m1/s1. The van der Waals surface area contributed by atoms with Crippen molar-refractivity contribution in [3.63, 3.8) is 0 Å². The number of sulfonamides is 1. The monoisotopic (exact) mass is 301 g/mol. The molecule has 1 N–H and O–H groups in total. The number of aliphatic carboxylic acids is 1. The van der Waals surface area contributed by atoms with Crippen LogP contribution in [0.4, 0.5) is 4.39 Å². The second kappa shape index (κ2) is 5.49. The molecule has 5 nitrogen and oxygen atoms in total. The first-order chi connectivity index (χ1) is 9.32. The molecule has 2 rings (SSSR count). The Bertz CT molecular complexity index is 629. The molecule has 1 heterocycles. The number of hydrogen-bond acceptors (Lipinski definition) is 3. The Morgan fingerprint density at radius 1 is 1.45 bits per heavy atom. The zero-order chi connectivity index (χ0) is 14.9. The molecule has 1 atom stereocenters.